The topological polar surface area (TPSA) is 50.7 Å². The summed E-state index contributed by atoms with van der Waals surface area (Å²) in [5.41, 5.74) is 4.43. The molecule has 0 spiro atoms. The van der Waals surface area contributed by atoms with Gasteiger partial charge in [-0.3, -0.25) is 4.79 Å². The lowest BCUT2D eigenvalue weighted by Crippen LogP contribution is -2.24. The molecule has 0 saturated carbocycles. The molecule has 1 amide bonds. The van der Waals surface area contributed by atoms with Gasteiger partial charge >= 0.3 is 0 Å². The van der Waals surface area contributed by atoms with E-state index in [9.17, 15) is 4.79 Å². The van der Waals surface area contributed by atoms with Crippen LogP contribution in [-0.2, 0) is 4.79 Å². The minimum atomic E-state index is -0.294. The van der Waals surface area contributed by atoms with Crippen LogP contribution in [0, 0.1) is 6.92 Å². The number of carbonyl (C=O) groups excluding carboxylic acids is 1. The van der Waals surface area contributed by atoms with Crippen molar-refractivity contribution >= 4 is 39.4 Å². The number of hydrogen-bond donors (Lipinski definition) is 1. The highest BCUT2D eigenvalue weighted by molar-refractivity contribution is 9.10. The van der Waals surface area contributed by atoms with E-state index in [1.54, 1.807) is 23.6 Å². The molecule has 1 aromatic heterocycles. The SMILES string of the molecule is Cc1cc(OCC(=O)NN=Cc2ccsc2)ccc1Br. The van der Waals surface area contributed by atoms with E-state index in [1.165, 1.54) is 0 Å². The van der Waals surface area contributed by atoms with Gasteiger partial charge < -0.3 is 4.74 Å². The minimum Gasteiger partial charge on any atom is -0.484 e. The first kappa shape index (κ1) is 14.7. The van der Waals surface area contributed by atoms with E-state index >= 15 is 0 Å². The molecule has 0 aliphatic carbocycles. The highest BCUT2D eigenvalue weighted by atomic mass is 79.9. The van der Waals surface area contributed by atoms with Crippen LogP contribution in [0.25, 0.3) is 0 Å². The van der Waals surface area contributed by atoms with Crippen LogP contribution < -0.4 is 10.2 Å². The van der Waals surface area contributed by atoms with Crippen LogP contribution in [0.4, 0.5) is 0 Å². The van der Waals surface area contributed by atoms with Crippen LogP contribution in [0.1, 0.15) is 11.1 Å². The molecule has 1 heterocycles. The van der Waals surface area contributed by atoms with Crippen molar-refractivity contribution in [3.05, 3.63) is 50.6 Å². The van der Waals surface area contributed by atoms with Gasteiger partial charge in [-0.25, -0.2) is 5.43 Å². The normalized spacial score (nSPS) is 10.7. The molecule has 2 rings (SSSR count). The molecular weight excluding hydrogens is 340 g/mol. The van der Waals surface area contributed by atoms with E-state index in [0.29, 0.717) is 5.75 Å². The molecule has 0 bridgehead atoms. The number of hydrazone groups is 1. The lowest BCUT2D eigenvalue weighted by atomic mass is 10.2. The van der Waals surface area contributed by atoms with Crippen molar-refractivity contribution in [3.8, 4) is 5.75 Å². The van der Waals surface area contributed by atoms with E-state index < -0.39 is 0 Å². The van der Waals surface area contributed by atoms with E-state index in [-0.39, 0.29) is 12.5 Å². The van der Waals surface area contributed by atoms with E-state index in [2.05, 4.69) is 26.5 Å². The van der Waals surface area contributed by atoms with Gasteiger partial charge in [-0.15, -0.1) is 0 Å². The molecule has 0 aliphatic heterocycles. The summed E-state index contributed by atoms with van der Waals surface area (Å²) in [6, 6.07) is 7.48. The van der Waals surface area contributed by atoms with Gasteiger partial charge in [0.1, 0.15) is 5.75 Å². The molecule has 0 atom stereocenters. The molecule has 6 heteroatoms. The summed E-state index contributed by atoms with van der Waals surface area (Å²) in [5.74, 6) is 0.361. The maximum Gasteiger partial charge on any atom is 0.277 e. The van der Waals surface area contributed by atoms with Crippen LogP contribution in [0.2, 0.25) is 0 Å². The van der Waals surface area contributed by atoms with Crippen LogP contribution in [-0.4, -0.2) is 18.7 Å². The summed E-state index contributed by atoms with van der Waals surface area (Å²) < 4.78 is 6.40. The Morgan fingerprint density at radius 1 is 1.50 bits per heavy atom. The van der Waals surface area contributed by atoms with Crippen molar-refractivity contribution in [3.63, 3.8) is 0 Å². The average Bonchev–Trinajstić information content (AvgIpc) is 2.93. The Morgan fingerprint density at radius 3 is 3.05 bits per heavy atom. The van der Waals surface area contributed by atoms with Crippen molar-refractivity contribution in [1.82, 2.24) is 5.43 Å². The quantitative estimate of drug-likeness (QED) is 0.662. The Bertz CT molecular complexity index is 612. The van der Waals surface area contributed by atoms with E-state index in [1.807, 2.05) is 35.9 Å². The summed E-state index contributed by atoms with van der Waals surface area (Å²) in [6.07, 6.45) is 1.60. The summed E-state index contributed by atoms with van der Waals surface area (Å²) >= 11 is 4.99. The molecule has 1 aromatic carbocycles. The number of hydrogen-bond acceptors (Lipinski definition) is 4. The van der Waals surface area contributed by atoms with Gasteiger partial charge in [0, 0.05) is 10.0 Å². The fourth-order valence-electron chi connectivity index (χ4n) is 1.42. The van der Waals surface area contributed by atoms with Gasteiger partial charge in [-0.05, 0) is 47.5 Å². The van der Waals surface area contributed by atoms with Gasteiger partial charge in [0.2, 0.25) is 0 Å². The lowest BCUT2D eigenvalue weighted by molar-refractivity contribution is -0.123. The lowest BCUT2D eigenvalue weighted by Gasteiger charge is -2.06. The molecule has 0 fully saturated rings. The average molecular weight is 353 g/mol. The van der Waals surface area contributed by atoms with Gasteiger partial charge in [-0.2, -0.15) is 16.4 Å². The Morgan fingerprint density at radius 2 is 2.35 bits per heavy atom. The predicted octanol–water partition coefficient (Wildman–Crippen LogP) is 3.35. The number of halogens is 1. The van der Waals surface area contributed by atoms with E-state index in [4.69, 9.17) is 4.74 Å². The maximum atomic E-state index is 11.5. The van der Waals surface area contributed by atoms with Crippen molar-refractivity contribution < 1.29 is 9.53 Å². The number of benzene rings is 1. The molecule has 20 heavy (non-hydrogen) atoms. The van der Waals surface area contributed by atoms with Gasteiger partial charge in [0.25, 0.3) is 5.91 Å². The molecule has 0 radical (unpaired) electrons. The molecule has 0 aliphatic rings. The third kappa shape index (κ3) is 4.47. The smallest absolute Gasteiger partial charge is 0.277 e. The summed E-state index contributed by atoms with van der Waals surface area (Å²) in [4.78, 5) is 11.5. The van der Waals surface area contributed by atoms with Crippen LogP contribution in [0.15, 0.2) is 44.6 Å². The second kappa shape index (κ2) is 7.21. The third-order valence-electron chi connectivity index (χ3n) is 2.45. The minimum absolute atomic E-state index is 0.0674. The molecule has 4 nitrogen and oxygen atoms in total. The Kier molecular flexibility index (Phi) is 5.31. The van der Waals surface area contributed by atoms with E-state index in [0.717, 1.165) is 15.6 Å². The van der Waals surface area contributed by atoms with Crippen molar-refractivity contribution in [1.29, 1.82) is 0 Å². The number of nitrogens with zero attached hydrogens (tertiary/aromatic N) is 1. The van der Waals surface area contributed by atoms with Crippen LogP contribution in [0.5, 0.6) is 5.75 Å². The molecule has 0 saturated heterocycles. The first-order chi connectivity index (χ1) is 9.65. The third-order valence-corrected chi connectivity index (χ3v) is 4.04. The summed E-state index contributed by atoms with van der Waals surface area (Å²) in [5, 5.41) is 7.74. The van der Waals surface area contributed by atoms with Gasteiger partial charge in [-0.1, -0.05) is 15.9 Å². The number of ether oxygens (including phenoxy) is 1. The zero-order chi connectivity index (χ0) is 14.4. The molecule has 0 unspecified atom stereocenters. The second-order valence-corrected chi connectivity index (χ2v) is 5.68. The fraction of sp³-hybridized carbons (Fsp3) is 0.143. The van der Waals surface area contributed by atoms with Crippen LogP contribution in [0.3, 0.4) is 0 Å². The Balaban J connectivity index is 1.78. The van der Waals surface area contributed by atoms with Crippen LogP contribution >= 0.6 is 27.3 Å². The Labute approximate surface area is 129 Å². The largest absolute Gasteiger partial charge is 0.484 e. The van der Waals surface area contributed by atoms with Crippen molar-refractivity contribution in [2.45, 2.75) is 6.92 Å². The molecule has 104 valence electrons. The summed E-state index contributed by atoms with van der Waals surface area (Å²) in [6.45, 7) is 1.89. The standard InChI is InChI=1S/C14H13BrN2O2S/c1-10-6-12(2-3-13(10)15)19-8-14(18)17-16-7-11-4-5-20-9-11/h2-7,9H,8H2,1H3,(H,17,18). The fourth-order valence-corrected chi connectivity index (χ4v) is 2.27. The number of carbonyl (C=O) groups is 1. The summed E-state index contributed by atoms with van der Waals surface area (Å²) in [7, 11) is 0. The monoisotopic (exact) mass is 352 g/mol. The van der Waals surface area contributed by atoms with Gasteiger partial charge in [0.05, 0.1) is 6.21 Å². The number of thiophene rings is 1. The van der Waals surface area contributed by atoms with Crippen molar-refractivity contribution in [2.75, 3.05) is 6.61 Å². The predicted molar refractivity (Wildman–Crippen MR) is 84.4 cm³/mol. The maximum absolute atomic E-state index is 11.5. The van der Waals surface area contributed by atoms with Gasteiger partial charge in [0.15, 0.2) is 6.61 Å². The zero-order valence-corrected chi connectivity index (χ0v) is 13.2. The Hall–Kier alpha value is -1.66. The first-order valence-electron chi connectivity index (χ1n) is 5.88. The first-order valence-corrected chi connectivity index (χ1v) is 7.62. The highest BCUT2D eigenvalue weighted by Crippen LogP contribution is 2.21. The number of nitrogens with one attached hydrogen (secondary N) is 1. The zero-order valence-electron chi connectivity index (χ0n) is 10.8. The molecule has 2 aromatic rings. The second-order valence-electron chi connectivity index (χ2n) is 4.05. The van der Waals surface area contributed by atoms with Crippen molar-refractivity contribution in [2.24, 2.45) is 5.10 Å². The highest BCUT2D eigenvalue weighted by Gasteiger charge is 2.02. The number of aryl methyl sites for hydroxylation is 1. The number of amides is 1. The number of rotatable bonds is 5. The molecule has 1 N–H and O–H groups in total. The molecular formula is C14H13BrN2O2S.